The van der Waals surface area contributed by atoms with Crippen molar-refractivity contribution in [1.29, 1.82) is 0 Å². The second-order valence-corrected chi connectivity index (χ2v) is 9.09. The van der Waals surface area contributed by atoms with Crippen molar-refractivity contribution in [3.05, 3.63) is 58.1 Å². The molecule has 34 heavy (non-hydrogen) atoms. The van der Waals surface area contributed by atoms with Crippen molar-refractivity contribution < 1.29 is 29.0 Å². The van der Waals surface area contributed by atoms with Crippen molar-refractivity contribution in [3.8, 4) is 11.1 Å². The van der Waals surface area contributed by atoms with Crippen molar-refractivity contribution in [2.45, 2.75) is 57.0 Å². The fraction of sp³-hybridized carbons (Fsp3) is 0.423. The van der Waals surface area contributed by atoms with Gasteiger partial charge in [0.15, 0.2) is 5.60 Å². The summed E-state index contributed by atoms with van der Waals surface area (Å²) < 4.78 is 9.05. The summed E-state index contributed by atoms with van der Waals surface area (Å²) in [5.74, 6) is -2.12. The van der Waals surface area contributed by atoms with E-state index in [1.54, 1.807) is 0 Å². The molecule has 0 amide bonds. The van der Waals surface area contributed by atoms with E-state index in [2.05, 4.69) is 9.47 Å². The Kier molecular flexibility index (Phi) is 11.0. The summed E-state index contributed by atoms with van der Waals surface area (Å²) in [6.07, 6.45) is 3.26. The van der Waals surface area contributed by atoms with Crippen LogP contribution in [-0.2, 0) is 30.3 Å². The van der Waals surface area contributed by atoms with Crippen LogP contribution in [0.4, 0.5) is 0 Å². The first-order valence-electron chi connectivity index (χ1n) is 11.1. The highest BCUT2D eigenvalue weighted by atomic mass is 35.5. The molecule has 8 heteroatoms. The van der Waals surface area contributed by atoms with Gasteiger partial charge in [0.25, 0.3) is 0 Å². The Hall–Kier alpha value is -2.41. The third-order valence-corrected chi connectivity index (χ3v) is 6.09. The number of carbonyl (C=O) groups is 3. The molecule has 0 saturated heterocycles. The Morgan fingerprint density at radius 1 is 0.853 bits per heavy atom. The number of unbranched alkanes of at least 4 members (excludes halogenated alkanes) is 3. The zero-order valence-corrected chi connectivity index (χ0v) is 21.0. The minimum atomic E-state index is -2.20. The molecule has 0 fully saturated rings. The van der Waals surface area contributed by atoms with Gasteiger partial charge in [-0.15, -0.1) is 0 Å². The Balaban J connectivity index is 1.82. The lowest BCUT2D eigenvalue weighted by Crippen LogP contribution is -2.43. The number of ether oxygens (including phenoxy) is 2. The SMILES string of the molecule is COC(=O)CC(O)(CC(=O)CCCCCCc1ccc(Cl)cc1-c1ccc(Cl)cc1)C(=O)OC. The van der Waals surface area contributed by atoms with Gasteiger partial charge in [-0.1, -0.05) is 54.2 Å². The number of aliphatic hydroxyl groups is 1. The van der Waals surface area contributed by atoms with Crippen LogP contribution >= 0.6 is 23.2 Å². The Bertz CT molecular complexity index is 989. The molecule has 1 unspecified atom stereocenters. The summed E-state index contributed by atoms with van der Waals surface area (Å²) in [6, 6.07) is 13.5. The summed E-state index contributed by atoms with van der Waals surface area (Å²) in [5, 5.41) is 11.8. The number of aryl methyl sites for hydroxylation is 1. The summed E-state index contributed by atoms with van der Waals surface area (Å²) in [5.41, 5.74) is 1.12. The number of halogens is 2. The first-order valence-corrected chi connectivity index (χ1v) is 11.9. The van der Waals surface area contributed by atoms with Gasteiger partial charge in [0, 0.05) is 22.9 Å². The molecule has 0 saturated carbocycles. The van der Waals surface area contributed by atoms with Crippen molar-refractivity contribution in [2.24, 2.45) is 0 Å². The van der Waals surface area contributed by atoms with Gasteiger partial charge in [-0.25, -0.2) is 4.79 Å². The number of benzene rings is 2. The van der Waals surface area contributed by atoms with Crippen LogP contribution in [0.15, 0.2) is 42.5 Å². The first kappa shape index (κ1) is 27.8. The van der Waals surface area contributed by atoms with Crippen molar-refractivity contribution >= 4 is 40.9 Å². The Morgan fingerprint density at radius 3 is 2.15 bits per heavy atom. The predicted molar refractivity (Wildman–Crippen MR) is 132 cm³/mol. The maximum Gasteiger partial charge on any atom is 0.338 e. The van der Waals surface area contributed by atoms with Gasteiger partial charge in [0.1, 0.15) is 5.78 Å². The van der Waals surface area contributed by atoms with Gasteiger partial charge in [-0.3, -0.25) is 9.59 Å². The van der Waals surface area contributed by atoms with E-state index in [0.29, 0.717) is 16.5 Å². The van der Waals surface area contributed by atoms with Crippen molar-refractivity contribution in [1.82, 2.24) is 0 Å². The first-order chi connectivity index (χ1) is 16.2. The maximum absolute atomic E-state index is 12.3. The second kappa shape index (κ2) is 13.5. The molecular weight excluding hydrogens is 479 g/mol. The lowest BCUT2D eigenvalue weighted by Gasteiger charge is -2.23. The zero-order valence-electron chi connectivity index (χ0n) is 19.4. The molecular formula is C26H30Cl2O6. The topological polar surface area (TPSA) is 89.9 Å². The summed E-state index contributed by atoms with van der Waals surface area (Å²) in [7, 11) is 2.23. The van der Waals surface area contributed by atoms with Crippen molar-refractivity contribution in [3.63, 3.8) is 0 Å². The van der Waals surface area contributed by atoms with E-state index in [4.69, 9.17) is 23.2 Å². The molecule has 6 nitrogen and oxygen atoms in total. The van der Waals surface area contributed by atoms with Crippen LogP contribution in [0.5, 0.6) is 0 Å². The van der Waals surface area contributed by atoms with E-state index in [1.807, 2.05) is 42.5 Å². The third kappa shape index (κ3) is 8.42. The summed E-state index contributed by atoms with van der Waals surface area (Å²) >= 11 is 12.2. The normalized spacial score (nSPS) is 12.6. The number of ketones is 1. The van der Waals surface area contributed by atoms with Crippen LogP contribution in [0.3, 0.4) is 0 Å². The molecule has 2 rings (SSSR count). The Labute approximate surface area is 210 Å². The molecule has 0 aromatic heterocycles. The third-order valence-electron chi connectivity index (χ3n) is 5.60. The highest BCUT2D eigenvalue weighted by molar-refractivity contribution is 6.31. The van der Waals surface area contributed by atoms with Gasteiger partial charge in [0.2, 0.25) is 0 Å². The van der Waals surface area contributed by atoms with E-state index in [-0.39, 0.29) is 12.2 Å². The van der Waals surface area contributed by atoms with Crippen LogP contribution in [0, 0.1) is 0 Å². The van der Waals surface area contributed by atoms with Gasteiger partial charge in [-0.05, 0) is 60.2 Å². The monoisotopic (exact) mass is 508 g/mol. The standard InChI is InChI=1S/C26H30Cl2O6/c1-33-24(30)17-26(32,25(31)34-2)16-22(29)8-6-4-3-5-7-18-11-14-21(28)15-23(18)19-9-12-20(27)13-10-19/h9-15,32H,3-8,16-17H2,1-2H3. The van der Waals surface area contributed by atoms with E-state index in [9.17, 15) is 19.5 Å². The second-order valence-electron chi connectivity index (χ2n) is 8.21. The minimum Gasteiger partial charge on any atom is -0.469 e. The summed E-state index contributed by atoms with van der Waals surface area (Å²) in [6.45, 7) is 0. The fourth-order valence-electron chi connectivity index (χ4n) is 3.78. The molecule has 1 atom stereocenters. The number of esters is 2. The van der Waals surface area contributed by atoms with E-state index in [1.165, 1.54) is 5.56 Å². The molecule has 0 radical (unpaired) electrons. The van der Waals surface area contributed by atoms with Crippen LogP contribution < -0.4 is 0 Å². The lowest BCUT2D eigenvalue weighted by molar-refractivity contribution is -0.171. The number of carbonyl (C=O) groups excluding carboxylic acids is 3. The molecule has 0 aliphatic rings. The van der Waals surface area contributed by atoms with Gasteiger partial charge < -0.3 is 14.6 Å². The number of hydrogen-bond donors (Lipinski definition) is 1. The molecule has 0 aliphatic carbocycles. The average molecular weight is 509 g/mol. The molecule has 2 aromatic rings. The molecule has 0 spiro atoms. The molecule has 184 valence electrons. The van der Waals surface area contributed by atoms with Crippen LogP contribution in [0.25, 0.3) is 11.1 Å². The quantitative estimate of drug-likeness (QED) is 0.280. The van der Waals surface area contributed by atoms with E-state index >= 15 is 0 Å². The highest BCUT2D eigenvalue weighted by Gasteiger charge is 2.41. The van der Waals surface area contributed by atoms with E-state index in [0.717, 1.165) is 51.0 Å². The molecule has 0 bridgehead atoms. The lowest BCUT2D eigenvalue weighted by atomic mass is 9.91. The van der Waals surface area contributed by atoms with E-state index < -0.39 is 30.4 Å². The zero-order chi connectivity index (χ0) is 25.1. The smallest absolute Gasteiger partial charge is 0.338 e. The average Bonchev–Trinajstić information content (AvgIpc) is 2.81. The molecule has 2 aromatic carbocycles. The van der Waals surface area contributed by atoms with Gasteiger partial charge >= 0.3 is 11.9 Å². The van der Waals surface area contributed by atoms with Crippen LogP contribution in [0.2, 0.25) is 10.0 Å². The summed E-state index contributed by atoms with van der Waals surface area (Å²) in [4.78, 5) is 35.7. The van der Waals surface area contributed by atoms with Gasteiger partial charge in [-0.2, -0.15) is 0 Å². The molecule has 1 N–H and O–H groups in total. The number of methoxy groups -OCH3 is 2. The molecule has 0 heterocycles. The maximum atomic E-state index is 12.3. The fourth-order valence-corrected chi connectivity index (χ4v) is 4.08. The predicted octanol–water partition coefficient (Wildman–Crippen LogP) is 5.58. The van der Waals surface area contributed by atoms with Crippen LogP contribution in [-0.4, -0.2) is 42.6 Å². The number of hydrogen-bond acceptors (Lipinski definition) is 6. The highest BCUT2D eigenvalue weighted by Crippen LogP contribution is 2.29. The molecule has 0 aliphatic heterocycles. The number of Topliss-reactive ketones (excluding diaryl/α,β-unsaturated/α-hetero) is 1. The Morgan fingerprint density at radius 2 is 1.50 bits per heavy atom. The minimum absolute atomic E-state index is 0.206. The van der Waals surface area contributed by atoms with Crippen LogP contribution in [0.1, 0.15) is 50.5 Å². The van der Waals surface area contributed by atoms with Crippen molar-refractivity contribution in [2.75, 3.05) is 14.2 Å². The largest absolute Gasteiger partial charge is 0.469 e. The van der Waals surface area contributed by atoms with Gasteiger partial charge in [0.05, 0.1) is 20.6 Å². The number of rotatable bonds is 13.